The van der Waals surface area contributed by atoms with Crippen molar-refractivity contribution in [2.75, 3.05) is 13.2 Å². The van der Waals surface area contributed by atoms with Gasteiger partial charge >= 0.3 is 0 Å². The summed E-state index contributed by atoms with van der Waals surface area (Å²) in [6.07, 6.45) is 46.6. The fraction of sp³-hybridized carbons (Fsp3) is 0.906. The zero-order chi connectivity index (χ0) is 45.1. The Balaban J connectivity index is 2.29. The molecule has 1 aliphatic rings. The average molecular weight is 880 g/mol. The molecule has 1 fully saturated rings. The highest BCUT2D eigenvalue weighted by atomic mass is 16.7. The van der Waals surface area contributed by atoms with E-state index in [-0.39, 0.29) is 12.5 Å². The summed E-state index contributed by atoms with van der Waals surface area (Å²) < 4.78 is 11.2. The van der Waals surface area contributed by atoms with Crippen LogP contribution in [-0.2, 0) is 14.3 Å². The maximum Gasteiger partial charge on any atom is 0.220 e. The number of aliphatic hydroxyl groups excluding tert-OH is 5. The Morgan fingerprint density at radius 2 is 0.919 bits per heavy atom. The zero-order valence-corrected chi connectivity index (χ0v) is 40.4. The van der Waals surface area contributed by atoms with Gasteiger partial charge in [-0.05, 0) is 32.1 Å². The van der Waals surface area contributed by atoms with Gasteiger partial charge in [0, 0.05) is 6.42 Å². The molecule has 1 heterocycles. The van der Waals surface area contributed by atoms with E-state index in [1.807, 2.05) is 6.08 Å². The largest absolute Gasteiger partial charge is 0.394 e. The lowest BCUT2D eigenvalue weighted by molar-refractivity contribution is -0.302. The molecule has 366 valence electrons. The molecule has 7 atom stereocenters. The summed E-state index contributed by atoms with van der Waals surface area (Å²) in [5, 5.41) is 54.4. The standard InChI is InChI=1S/C53H101NO8/c1-3-5-7-9-11-13-15-17-19-21-22-23-24-25-27-28-30-32-34-36-38-40-42-47(56)46(45-61-53-52(60)51(59)50(58)48(44-55)62-53)54-49(57)43-41-39-37-35-33-31-29-26-20-18-16-14-12-10-8-6-4-2/h32,34,40,42,46-48,50-53,55-56,58-60H,3-31,33,35-39,41,43-45H2,1-2H3,(H,54,57)/b34-32+,42-40+. The van der Waals surface area contributed by atoms with Gasteiger partial charge in [-0.2, -0.15) is 0 Å². The van der Waals surface area contributed by atoms with Crippen LogP contribution in [0.15, 0.2) is 24.3 Å². The minimum absolute atomic E-state index is 0.183. The maximum absolute atomic E-state index is 13.0. The van der Waals surface area contributed by atoms with E-state index in [4.69, 9.17) is 9.47 Å². The van der Waals surface area contributed by atoms with Crippen LogP contribution in [0.4, 0.5) is 0 Å². The van der Waals surface area contributed by atoms with E-state index < -0.39 is 49.5 Å². The van der Waals surface area contributed by atoms with Crippen LogP contribution in [0.2, 0.25) is 0 Å². The van der Waals surface area contributed by atoms with Crippen molar-refractivity contribution < 1.29 is 39.8 Å². The predicted octanol–water partition coefficient (Wildman–Crippen LogP) is 12.2. The molecule has 1 aliphatic heterocycles. The molecule has 0 aromatic heterocycles. The number of aliphatic hydroxyl groups is 5. The lowest BCUT2D eigenvalue weighted by Crippen LogP contribution is -2.60. The van der Waals surface area contributed by atoms with Crippen LogP contribution >= 0.6 is 0 Å². The van der Waals surface area contributed by atoms with Gasteiger partial charge in [0.05, 0.1) is 25.4 Å². The molecule has 9 heteroatoms. The van der Waals surface area contributed by atoms with Gasteiger partial charge in [0.2, 0.25) is 5.91 Å². The van der Waals surface area contributed by atoms with E-state index in [1.165, 1.54) is 193 Å². The number of carbonyl (C=O) groups excluding carboxylic acids is 1. The second-order valence-electron chi connectivity index (χ2n) is 18.7. The molecule has 6 N–H and O–H groups in total. The topological polar surface area (TPSA) is 149 Å². The van der Waals surface area contributed by atoms with Gasteiger partial charge in [0.25, 0.3) is 0 Å². The van der Waals surface area contributed by atoms with Crippen LogP contribution in [0.1, 0.15) is 251 Å². The molecule has 0 bridgehead atoms. The van der Waals surface area contributed by atoms with Gasteiger partial charge in [0.1, 0.15) is 24.4 Å². The third kappa shape index (κ3) is 33.2. The van der Waals surface area contributed by atoms with Crippen LogP contribution in [0, 0.1) is 0 Å². The molecule has 1 rings (SSSR count). The first-order valence-corrected chi connectivity index (χ1v) is 26.6. The molecule has 1 saturated heterocycles. The minimum Gasteiger partial charge on any atom is -0.394 e. The lowest BCUT2D eigenvalue weighted by atomic mass is 9.99. The molecular weight excluding hydrogens is 779 g/mol. The molecule has 9 nitrogen and oxygen atoms in total. The zero-order valence-electron chi connectivity index (χ0n) is 40.4. The van der Waals surface area contributed by atoms with Crippen molar-refractivity contribution >= 4 is 5.91 Å². The Hall–Kier alpha value is -1.33. The third-order valence-corrected chi connectivity index (χ3v) is 12.8. The second kappa shape index (κ2) is 43.6. The Morgan fingerprint density at radius 1 is 0.532 bits per heavy atom. The number of nitrogens with one attached hydrogen (secondary N) is 1. The number of rotatable bonds is 45. The summed E-state index contributed by atoms with van der Waals surface area (Å²) in [5.41, 5.74) is 0. The fourth-order valence-corrected chi connectivity index (χ4v) is 8.53. The number of unbranched alkanes of at least 4 members (excludes halogenated alkanes) is 33. The summed E-state index contributed by atoms with van der Waals surface area (Å²) in [6, 6.07) is -0.817. The Labute approximate surface area is 381 Å². The quantitative estimate of drug-likeness (QED) is 0.0262. The number of ether oxygens (including phenoxy) is 2. The number of carbonyl (C=O) groups is 1. The molecule has 0 aromatic rings. The molecule has 0 saturated carbocycles. The van der Waals surface area contributed by atoms with Crippen molar-refractivity contribution in [3.8, 4) is 0 Å². The molecular formula is C53H101NO8. The van der Waals surface area contributed by atoms with Crippen LogP contribution in [0.25, 0.3) is 0 Å². The summed E-state index contributed by atoms with van der Waals surface area (Å²) in [6.45, 7) is 3.79. The smallest absolute Gasteiger partial charge is 0.220 e. The van der Waals surface area contributed by atoms with Crippen LogP contribution in [-0.4, -0.2) is 87.5 Å². The lowest BCUT2D eigenvalue weighted by Gasteiger charge is -2.40. The van der Waals surface area contributed by atoms with Crippen molar-refractivity contribution in [1.82, 2.24) is 5.32 Å². The number of hydrogen-bond acceptors (Lipinski definition) is 8. The van der Waals surface area contributed by atoms with Gasteiger partial charge in [-0.3, -0.25) is 4.79 Å². The molecule has 62 heavy (non-hydrogen) atoms. The monoisotopic (exact) mass is 880 g/mol. The Morgan fingerprint density at radius 3 is 1.35 bits per heavy atom. The average Bonchev–Trinajstić information content (AvgIpc) is 3.27. The minimum atomic E-state index is -1.57. The van der Waals surface area contributed by atoms with Gasteiger partial charge < -0.3 is 40.3 Å². The van der Waals surface area contributed by atoms with Crippen LogP contribution in [0.5, 0.6) is 0 Å². The Bertz CT molecular complexity index is 1020. The molecule has 0 aliphatic carbocycles. The molecule has 1 amide bonds. The Kier molecular flexibility index (Phi) is 41.2. The SMILES string of the molecule is CCCCCCCCCCCCCCCCCC/C=C/CC/C=C/C(O)C(COC1OC(CO)C(O)C(O)C1O)NC(=O)CCCCCCCCCCCCCCCCCCC. The highest BCUT2D eigenvalue weighted by Crippen LogP contribution is 2.23. The summed E-state index contributed by atoms with van der Waals surface area (Å²) in [7, 11) is 0. The van der Waals surface area contributed by atoms with E-state index in [0.717, 1.165) is 38.5 Å². The van der Waals surface area contributed by atoms with Crippen molar-refractivity contribution in [2.24, 2.45) is 0 Å². The fourth-order valence-electron chi connectivity index (χ4n) is 8.53. The molecule has 0 spiro atoms. The molecule has 0 radical (unpaired) electrons. The maximum atomic E-state index is 13.0. The van der Waals surface area contributed by atoms with E-state index in [9.17, 15) is 30.3 Å². The first-order valence-electron chi connectivity index (χ1n) is 26.6. The van der Waals surface area contributed by atoms with Crippen molar-refractivity contribution in [3.05, 3.63) is 24.3 Å². The van der Waals surface area contributed by atoms with Gasteiger partial charge in [0.15, 0.2) is 6.29 Å². The second-order valence-corrected chi connectivity index (χ2v) is 18.7. The van der Waals surface area contributed by atoms with Crippen molar-refractivity contribution in [1.29, 1.82) is 0 Å². The normalized spacial score (nSPS) is 20.4. The van der Waals surface area contributed by atoms with Crippen molar-refractivity contribution in [3.63, 3.8) is 0 Å². The summed E-state index contributed by atoms with van der Waals surface area (Å²) in [5.74, 6) is -0.183. The number of amides is 1. The molecule has 7 unspecified atom stereocenters. The third-order valence-electron chi connectivity index (χ3n) is 12.8. The van der Waals surface area contributed by atoms with Gasteiger partial charge in [-0.25, -0.2) is 0 Å². The first-order chi connectivity index (χ1) is 30.3. The molecule has 0 aromatic carbocycles. The van der Waals surface area contributed by atoms with E-state index in [0.29, 0.717) is 6.42 Å². The van der Waals surface area contributed by atoms with E-state index in [2.05, 4.69) is 31.3 Å². The highest BCUT2D eigenvalue weighted by molar-refractivity contribution is 5.76. The van der Waals surface area contributed by atoms with Crippen LogP contribution < -0.4 is 5.32 Å². The van der Waals surface area contributed by atoms with E-state index >= 15 is 0 Å². The van der Waals surface area contributed by atoms with Gasteiger partial charge in [-0.15, -0.1) is 0 Å². The summed E-state index contributed by atoms with van der Waals surface area (Å²) >= 11 is 0. The number of allylic oxidation sites excluding steroid dienone is 3. The van der Waals surface area contributed by atoms with Gasteiger partial charge in [-0.1, -0.05) is 237 Å². The predicted molar refractivity (Wildman–Crippen MR) is 258 cm³/mol. The summed E-state index contributed by atoms with van der Waals surface area (Å²) in [4.78, 5) is 13.0. The number of hydrogen-bond donors (Lipinski definition) is 6. The highest BCUT2D eigenvalue weighted by Gasteiger charge is 2.44. The first kappa shape index (κ1) is 58.7. The van der Waals surface area contributed by atoms with Crippen LogP contribution in [0.3, 0.4) is 0 Å². The van der Waals surface area contributed by atoms with E-state index in [1.54, 1.807) is 6.08 Å². The van der Waals surface area contributed by atoms with Crippen molar-refractivity contribution in [2.45, 2.75) is 294 Å².